The predicted octanol–water partition coefficient (Wildman–Crippen LogP) is 1.22. The third-order valence-electron chi connectivity index (χ3n) is 3.28. The smallest absolute Gasteiger partial charge is 0.0702 e. The zero-order valence-corrected chi connectivity index (χ0v) is 9.70. The Morgan fingerprint density at radius 2 is 2.29 bits per heavy atom. The van der Waals surface area contributed by atoms with Crippen LogP contribution < -0.4 is 5.73 Å². The minimum absolute atomic E-state index is 0.357. The van der Waals surface area contributed by atoms with Gasteiger partial charge in [0, 0.05) is 18.7 Å². The first-order valence-corrected chi connectivity index (χ1v) is 5.72. The van der Waals surface area contributed by atoms with Crippen molar-refractivity contribution in [1.82, 2.24) is 4.90 Å². The summed E-state index contributed by atoms with van der Waals surface area (Å²) in [6, 6.07) is 0.953. The van der Waals surface area contributed by atoms with Crippen LogP contribution in [0.3, 0.4) is 0 Å². The summed E-state index contributed by atoms with van der Waals surface area (Å²) in [6.45, 7) is 6.31. The Hall–Kier alpha value is -0.120. The van der Waals surface area contributed by atoms with Gasteiger partial charge < -0.3 is 15.4 Å². The highest BCUT2D eigenvalue weighted by Gasteiger charge is 2.27. The maximum Gasteiger partial charge on any atom is 0.0702 e. The van der Waals surface area contributed by atoms with Crippen LogP contribution in [0.4, 0.5) is 0 Å². The average molecular weight is 200 g/mol. The molecule has 3 atom stereocenters. The van der Waals surface area contributed by atoms with Crippen molar-refractivity contribution in [2.24, 2.45) is 5.73 Å². The molecular weight excluding hydrogens is 176 g/mol. The van der Waals surface area contributed by atoms with Gasteiger partial charge in [-0.3, -0.25) is 0 Å². The molecule has 1 rings (SSSR count). The SMILES string of the molecule is CCC(N)CCN(C)C1CCOC1C. The fourth-order valence-electron chi connectivity index (χ4n) is 2.04. The van der Waals surface area contributed by atoms with Gasteiger partial charge in [0.1, 0.15) is 0 Å². The number of nitrogens with two attached hydrogens (primary N) is 1. The molecule has 1 aliphatic rings. The number of hydrogen-bond acceptors (Lipinski definition) is 3. The molecule has 2 N–H and O–H groups in total. The highest BCUT2D eigenvalue weighted by atomic mass is 16.5. The molecule has 0 amide bonds. The van der Waals surface area contributed by atoms with Crippen LogP contribution in [0, 0.1) is 0 Å². The minimum Gasteiger partial charge on any atom is -0.377 e. The third kappa shape index (κ3) is 3.23. The molecule has 0 bridgehead atoms. The Balaban J connectivity index is 2.23. The van der Waals surface area contributed by atoms with Crippen LogP contribution in [0.25, 0.3) is 0 Å². The van der Waals surface area contributed by atoms with Gasteiger partial charge in [0.25, 0.3) is 0 Å². The summed E-state index contributed by atoms with van der Waals surface area (Å²) < 4.78 is 5.55. The molecular formula is C11H24N2O. The first-order chi connectivity index (χ1) is 6.65. The number of ether oxygens (including phenoxy) is 1. The van der Waals surface area contributed by atoms with Gasteiger partial charge in [0.05, 0.1) is 6.10 Å². The second-order valence-corrected chi connectivity index (χ2v) is 4.37. The number of likely N-dealkylation sites (N-methyl/N-ethyl adjacent to an activating group) is 1. The lowest BCUT2D eigenvalue weighted by atomic mass is 10.1. The van der Waals surface area contributed by atoms with E-state index in [0.29, 0.717) is 18.2 Å². The van der Waals surface area contributed by atoms with Gasteiger partial charge in [-0.2, -0.15) is 0 Å². The Bertz CT molecular complexity index is 163. The fourth-order valence-corrected chi connectivity index (χ4v) is 2.04. The second-order valence-electron chi connectivity index (χ2n) is 4.37. The summed E-state index contributed by atoms with van der Waals surface area (Å²) in [5, 5.41) is 0. The number of nitrogens with zero attached hydrogens (tertiary/aromatic N) is 1. The van der Waals surface area contributed by atoms with E-state index in [0.717, 1.165) is 26.0 Å². The minimum atomic E-state index is 0.357. The Labute approximate surface area is 87.6 Å². The molecule has 0 aromatic rings. The summed E-state index contributed by atoms with van der Waals surface area (Å²) in [6.07, 6.45) is 3.72. The van der Waals surface area contributed by atoms with Gasteiger partial charge in [0.15, 0.2) is 0 Å². The van der Waals surface area contributed by atoms with E-state index in [1.54, 1.807) is 0 Å². The van der Waals surface area contributed by atoms with Crippen molar-refractivity contribution in [2.75, 3.05) is 20.2 Å². The average Bonchev–Trinajstić information content (AvgIpc) is 2.60. The van der Waals surface area contributed by atoms with Crippen molar-refractivity contribution in [1.29, 1.82) is 0 Å². The first kappa shape index (κ1) is 12.0. The third-order valence-corrected chi connectivity index (χ3v) is 3.28. The lowest BCUT2D eigenvalue weighted by molar-refractivity contribution is 0.0827. The van der Waals surface area contributed by atoms with E-state index in [-0.39, 0.29) is 0 Å². The molecule has 0 radical (unpaired) electrons. The Kier molecular flexibility index (Phi) is 4.85. The van der Waals surface area contributed by atoms with Crippen LogP contribution in [-0.4, -0.2) is 43.3 Å². The molecule has 3 nitrogen and oxygen atoms in total. The van der Waals surface area contributed by atoms with E-state index >= 15 is 0 Å². The molecule has 3 unspecified atom stereocenters. The van der Waals surface area contributed by atoms with Crippen molar-refractivity contribution in [3.05, 3.63) is 0 Å². The van der Waals surface area contributed by atoms with Crippen molar-refractivity contribution in [3.8, 4) is 0 Å². The van der Waals surface area contributed by atoms with Gasteiger partial charge in [-0.05, 0) is 39.8 Å². The standard InChI is InChI=1S/C11H24N2O/c1-4-10(12)5-7-13(3)11-6-8-14-9(11)2/h9-11H,4-8,12H2,1-3H3. The molecule has 0 aromatic carbocycles. The van der Waals surface area contributed by atoms with Crippen molar-refractivity contribution >= 4 is 0 Å². The van der Waals surface area contributed by atoms with Crippen LogP contribution in [0.15, 0.2) is 0 Å². The fraction of sp³-hybridized carbons (Fsp3) is 1.00. The summed E-state index contributed by atoms with van der Waals surface area (Å²) in [5.74, 6) is 0. The highest BCUT2D eigenvalue weighted by molar-refractivity contribution is 4.80. The maximum atomic E-state index is 5.90. The van der Waals surface area contributed by atoms with E-state index < -0.39 is 0 Å². The van der Waals surface area contributed by atoms with Crippen LogP contribution in [0.2, 0.25) is 0 Å². The molecule has 1 aliphatic heterocycles. The second kappa shape index (κ2) is 5.69. The molecule has 3 heteroatoms. The molecule has 0 aromatic heterocycles. The lowest BCUT2D eigenvalue weighted by Gasteiger charge is -2.27. The molecule has 1 heterocycles. The Morgan fingerprint density at radius 3 is 2.79 bits per heavy atom. The quantitative estimate of drug-likeness (QED) is 0.725. The zero-order chi connectivity index (χ0) is 10.6. The molecule has 1 fully saturated rings. The normalized spacial score (nSPS) is 29.8. The van der Waals surface area contributed by atoms with Gasteiger partial charge in [-0.1, -0.05) is 6.92 Å². The van der Waals surface area contributed by atoms with E-state index in [1.807, 2.05) is 0 Å². The van der Waals surface area contributed by atoms with Crippen LogP contribution >= 0.6 is 0 Å². The molecule has 84 valence electrons. The molecule has 0 saturated carbocycles. The summed E-state index contributed by atoms with van der Waals surface area (Å²) in [4.78, 5) is 2.40. The molecule has 1 saturated heterocycles. The molecule has 0 aliphatic carbocycles. The van der Waals surface area contributed by atoms with Gasteiger partial charge in [-0.25, -0.2) is 0 Å². The van der Waals surface area contributed by atoms with E-state index in [9.17, 15) is 0 Å². The topological polar surface area (TPSA) is 38.5 Å². The summed E-state index contributed by atoms with van der Waals surface area (Å²) in [7, 11) is 2.18. The largest absolute Gasteiger partial charge is 0.377 e. The number of rotatable bonds is 5. The van der Waals surface area contributed by atoms with Gasteiger partial charge >= 0.3 is 0 Å². The van der Waals surface area contributed by atoms with Gasteiger partial charge in [-0.15, -0.1) is 0 Å². The van der Waals surface area contributed by atoms with Crippen LogP contribution in [0.5, 0.6) is 0 Å². The maximum absolute atomic E-state index is 5.90. The van der Waals surface area contributed by atoms with E-state index in [2.05, 4.69) is 25.8 Å². The summed E-state index contributed by atoms with van der Waals surface area (Å²) >= 11 is 0. The van der Waals surface area contributed by atoms with Crippen molar-refractivity contribution < 1.29 is 4.74 Å². The van der Waals surface area contributed by atoms with Crippen molar-refractivity contribution in [3.63, 3.8) is 0 Å². The van der Waals surface area contributed by atoms with Gasteiger partial charge in [0.2, 0.25) is 0 Å². The summed E-state index contributed by atoms with van der Waals surface area (Å²) in [5.41, 5.74) is 5.90. The van der Waals surface area contributed by atoms with Crippen molar-refractivity contribution in [2.45, 2.75) is 51.3 Å². The number of hydrogen-bond donors (Lipinski definition) is 1. The zero-order valence-electron chi connectivity index (χ0n) is 9.70. The Morgan fingerprint density at radius 1 is 1.57 bits per heavy atom. The molecule has 0 spiro atoms. The first-order valence-electron chi connectivity index (χ1n) is 5.72. The monoisotopic (exact) mass is 200 g/mol. The van der Waals surface area contributed by atoms with E-state index in [1.165, 1.54) is 6.42 Å². The highest BCUT2D eigenvalue weighted by Crippen LogP contribution is 2.18. The van der Waals surface area contributed by atoms with Crippen LogP contribution in [0.1, 0.15) is 33.1 Å². The lowest BCUT2D eigenvalue weighted by Crippen LogP contribution is -2.39. The predicted molar refractivity (Wildman–Crippen MR) is 59.3 cm³/mol. The van der Waals surface area contributed by atoms with E-state index in [4.69, 9.17) is 10.5 Å². The molecule has 14 heavy (non-hydrogen) atoms. The van der Waals surface area contributed by atoms with Crippen LogP contribution in [-0.2, 0) is 4.74 Å².